The molecule has 0 amide bonds. The van der Waals surface area contributed by atoms with Gasteiger partial charge in [-0.25, -0.2) is 4.99 Å². The Kier molecular flexibility index (Phi) is 3.74. The minimum Gasteiger partial charge on any atom is -0.496 e. The largest absolute Gasteiger partial charge is 0.496 e. The number of non-ortho nitro benzene ring substituents is 1. The van der Waals surface area contributed by atoms with Gasteiger partial charge in [0.15, 0.2) is 0 Å². The van der Waals surface area contributed by atoms with E-state index in [0.29, 0.717) is 23.8 Å². The minimum absolute atomic E-state index is 0.0139. The van der Waals surface area contributed by atoms with Gasteiger partial charge in [-0.3, -0.25) is 10.1 Å². The van der Waals surface area contributed by atoms with Crippen molar-refractivity contribution >= 4 is 17.7 Å². The first kappa shape index (κ1) is 14.0. The van der Waals surface area contributed by atoms with E-state index in [0.717, 1.165) is 0 Å². The van der Waals surface area contributed by atoms with Crippen molar-refractivity contribution in [2.75, 3.05) is 13.7 Å². The van der Waals surface area contributed by atoms with E-state index < -0.39 is 4.92 Å². The highest BCUT2D eigenvalue weighted by molar-refractivity contribution is 5.93. The molecule has 0 saturated carbocycles. The van der Waals surface area contributed by atoms with Crippen LogP contribution in [0.1, 0.15) is 19.4 Å². The highest BCUT2D eigenvalue weighted by Gasteiger charge is 2.24. The van der Waals surface area contributed by atoms with E-state index in [1.807, 2.05) is 13.8 Å². The third-order valence-electron chi connectivity index (χ3n) is 2.82. The van der Waals surface area contributed by atoms with Crippen LogP contribution in [0.25, 0.3) is 6.08 Å². The lowest BCUT2D eigenvalue weighted by Crippen LogP contribution is -2.17. The fourth-order valence-corrected chi connectivity index (χ4v) is 1.83. The van der Waals surface area contributed by atoms with Gasteiger partial charge in [-0.05, 0) is 26.0 Å². The second-order valence-electron chi connectivity index (χ2n) is 5.07. The molecule has 1 aromatic carbocycles. The first-order valence-electron chi connectivity index (χ1n) is 6.14. The highest BCUT2D eigenvalue weighted by Crippen LogP contribution is 2.25. The third kappa shape index (κ3) is 3.14. The Hall–Kier alpha value is -2.37. The fraction of sp³-hybridized carbons (Fsp3) is 0.357. The summed E-state index contributed by atoms with van der Waals surface area (Å²) in [5, 5.41) is 10.8. The smallest absolute Gasteiger partial charge is 0.270 e. The van der Waals surface area contributed by atoms with E-state index >= 15 is 0 Å². The normalized spacial score (nSPS) is 16.9. The van der Waals surface area contributed by atoms with Gasteiger partial charge in [0.05, 0.1) is 17.6 Å². The number of rotatable bonds is 4. The Bertz CT molecular complexity index is 591. The summed E-state index contributed by atoms with van der Waals surface area (Å²) >= 11 is 0. The number of benzene rings is 1. The first-order valence-corrected chi connectivity index (χ1v) is 6.14. The van der Waals surface area contributed by atoms with Crippen molar-refractivity contribution in [3.8, 4) is 5.75 Å². The molecule has 0 saturated heterocycles. The van der Waals surface area contributed by atoms with Gasteiger partial charge in [0.25, 0.3) is 5.69 Å². The molecule has 0 N–H and O–H groups in total. The number of hydrogen-bond donors (Lipinski definition) is 0. The van der Waals surface area contributed by atoms with Crippen LogP contribution < -0.4 is 4.74 Å². The molecule has 106 valence electrons. The van der Waals surface area contributed by atoms with Crippen LogP contribution >= 0.6 is 0 Å². The van der Waals surface area contributed by atoms with Crippen molar-refractivity contribution in [2.24, 2.45) is 4.99 Å². The van der Waals surface area contributed by atoms with Crippen LogP contribution in [0.3, 0.4) is 0 Å². The topological polar surface area (TPSA) is 74.0 Å². The van der Waals surface area contributed by atoms with Crippen molar-refractivity contribution in [1.82, 2.24) is 0 Å². The van der Waals surface area contributed by atoms with E-state index in [4.69, 9.17) is 9.47 Å². The van der Waals surface area contributed by atoms with Crippen LogP contribution in [0, 0.1) is 10.1 Å². The molecule has 6 heteroatoms. The van der Waals surface area contributed by atoms with Crippen molar-refractivity contribution in [3.05, 3.63) is 40.0 Å². The molecule has 2 rings (SSSR count). The maximum Gasteiger partial charge on any atom is 0.270 e. The van der Waals surface area contributed by atoms with Gasteiger partial charge in [0, 0.05) is 23.8 Å². The number of ether oxygens (including phenoxy) is 2. The Balaban J connectivity index is 2.28. The molecule has 0 aliphatic carbocycles. The summed E-state index contributed by atoms with van der Waals surface area (Å²) < 4.78 is 10.6. The maximum absolute atomic E-state index is 10.8. The Labute approximate surface area is 116 Å². The summed E-state index contributed by atoms with van der Waals surface area (Å²) in [5.41, 5.74) is 0.393. The van der Waals surface area contributed by atoms with Gasteiger partial charge in [-0.2, -0.15) is 0 Å². The van der Waals surface area contributed by atoms with Crippen LogP contribution in [0.15, 0.2) is 29.3 Å². The molecule has 0 radical (unpaired) electrons. The summed E-state index contributed by atoms with van der Waals surface area (Å²) in [6.45, 7) is 4.47. The van der Waals surface area contributed by atoms with E-state index in [9.17, 15) is 10.1 Å². The van der Waals surface area contributed by atoms with Gasteiger partial charge in [0.1, 0.15) is 12.4 Å². The second kappa shape index (κ2) is 5.32. The predicted molar refractivity (Wildman–Crippen MR) is 76.1 cm³/mol. The highest BCUT2D eigenvalue weighted by atomic mass is 16.6. The number of nitro groups is 1. The molecule has 1 aliphatic heterocycles. The molecule has 0 atom stereocenters. The molecule has 0 unspecified atom stereocenters. The van der Waals surface area contributed by atoms with Crippen molar-refractivity contribution in [1.29, 1.82) is 0 Å². The molecular weight excluding hydrogens is 260 g/mol. The van der Waals surface area contributed by atoms with Crippen LogP contribution in [0.4, 0.5) is 5.69 Å². The van der Waals surface area contributed by atoms with Crippen LogP contribution in [0.5, 0.6) is 5.75 Å². The molecule has 0 spiro atoms. The molecule has 1 heterocycles. The summed E-state index contributed by atoms with van der Waals surface area (Å²) in [7, 11) is 1.52. The number of nitro benzene ring substituents is 1. The van der Waals surface area contributed by atoms with E-state index in [1.54, 1.807) is 18.2 Å². The minimum atomic E-state index is -0.441. The van der Waals surface area contributed by atoms with Crippen molar-refractivity contribution in [2.45, 2.75) is 19.4 Å². The van der Waals surface area contributed by atoms with Gasteiger partial charge in [0.2, 0.25) is 5.90 Å². The van der Waals surface area contributed by atoms with Crippen molar-refractivity contribution in [3.63, 3.8) is 0 Å². The summed E-state index contributed by atoms with van der Waals surface area (Å²) in [6.07, 6.45) is 3.39. The Morgan fingerprint density at radius 1 is 1.45 bits per heavy atom. The lowest BCUT2D eigenvalue weighted by molar-refractivity contribution is -0.384. The lowest BCUT2D eigenvalue weighted by Gasteiger charge is -2.07. The molecule has 0 fully saturated rings. The number of nitrogens with zero attached hydrogens (tertiary/aromatic N) is 2. The number of aliphatic imine (C=N–C) groups is 1. The number of methoxy groups -OCH3 is 1. The number of hydrogen-bond acceptors (Lipinski definition) is 5. The molecule has 1 aromatic rings. The molecule has 20 heavy (non-hydrogen) atoms. The van der Waals surface area contributed by atoms with Crippen LogP contribution in [-0.2, 0) is 4.74 Å². The van der Waals surface area contributed by atoms with E-state index in [-0.39, 0.29) is 11.2 Å². The Morgan fingerprint density at radius 2 is 2.20 bits per heavy atom. The van der Waals surface area contributed by atoms with E-state index in [1.165, 1.54) is 19.2 Å². The zero-order chi connectivity index (χ0) is 14.8. The van der Waals surface area contributed by atoms with Crippen molar-refractivity contribution < 1.29 is 14.4 Å². The predicted octanol–water partition coefficient (Wildman–Crippen LogP) is 2.82. The standard InChI is InChI=1S/C14H16N2O4/c1-14(2)9-20-13(15-14)7-4-10-8-11(16(17)18)5-6-12(10)19-3/h4-8H,9H2,1-3H3/b7-4+. The lowest BCUT2D eigenvalue weighted by atomic mass is 10.1. The van der Waals surface area contributed by atoms with Crippen LogP contribution in [0.2, 0.25) is 0 Å². The molecule has 6 nitrogen and oxygen atoms in total. The zero-order valence-corrected chi connectivity index (χ0v) is 11.6. The zero-order valence-electron chi connectivity index (χ0n) is 11.6. The monoisotopic (exact) mass is 276 g/mol. The summed E-state index contributed by atoms with van der Waals surface area (Å²) in [6, 6.07) is 4.43. The summed E-state index contributed by atoms with van der Waals surface area (Å²) in [5.74, 6) is 1.08. The maximum atomic E-state index is 10.8. The first-order chi connectivity index (χ1) is 9.41. The van der Waals surface area contributed by atoms with Gasteiger partial charge in [-0.15, -0.1) is 0 Å². The molecular formula is C14H16N2O4. The van der Waals surface area contributed by atoms with Gasteiger partial charge >= 0.3 is 0 Å². The fourth-order valence-electron chi connectivity index (χ4n) is 1.83. The molecule has 0 aromatic heterocycles. The molecule has 0 bridgehead atoms. The van der Waals surface area contributed by atoms with Gasteiger partial charge < -0.3 is 9.47 Å². The third-order valence-corrected chi connectivity index (χ3v) is 2.82. The van der Waals surface area contributed by atoms with E-state index in [2.05, 4.69) is 4.99 Å². The average Bonchev–Trinajstić information content (AvgIpc) is 2.75. The summed E-state index contributed by atoms with van der Waals surface area (Å²) in [4.78, 5) is 14.7. The Morgan fingerprint density at radius 3 is 2.75 bits per heavy atom. The SMILES string of the molecule is COc1ccc([N+](=O)[O-])cc1/C=C/C1=NC(C)(C)CO1. The van der Waals surface area contributed by atoms with Gasteiger partial charge in [-0.1, -0.05) is 0 Å². The second-order valence-corrected chi connectivity index (χ2v) is 5.07. The molecule has 1 aliphatic rings. The quantitative estimate of drug-likeness (QED) is 0.626. The van der Waals surface area contributed by atoms with Crippen LogP contribution in [-0.4, -0.2) is 30.1 Å². The average molecular weight is 276 g/mol.